The van der Waals surface area contributed by atoms with Crippen molar-refractivity contribution in [2.24, 2.45) is 0 Å². The maximum atomic E-state index is 11.5. The van der Waals surface area contributed by atoms with E-state index in [0.29, 0.717) is 18.5 Å². The van der Waals surface area contributed by atoms with E-state index in [9.17, 15) is 4.79 Å². The fourth-order valence-corrected chi connectivity index (χ4v) is 2.32. The van der Waals surface area contributed by atoms with Gasteiger partial charge in [0.05, 0.1) is 0 Å². The van der Waals surface area contributed by atoms with E-state index in [-0.39, 0.29) is 5.91 Å². The smallest absolute Gasteiger partial charge is 0.221 e. The summed E-state index contributed by atoms with van der Waals surface area (Å²) in [6, 6.07) is 1.05. The van der Waals surface area contributed by atoms with Gasteiger partial charge in [-0.1, -0.05) is 0 Å². The number of rotatable bonds is 6. The van der Waals surface area contributed by atoms with Gasteiger partial charge >= 0.3 is 0 Å². The van der Waals surface area contributed by atoms with E-state index in [1.165, 1.54) is 12.8 Å². The molecule has 1 aliphatic carbocycles. The molecule has 2 rings (SSSR count). The molecule has 0 bridgehead atoms. The van der Waals surface area contributed by atoms with Crippen molar-refractivity contribution in [2.75, 3.05) is 46.8 Å². The molecule has 1 unspecified atom stereocenters. The van der Waals surface area contributed by atoms with Gasteiger partial charge in [-0.3, -0.25) is 9.69 Å². The normalized spacial score (nSPS) is 26.2. The topological polar surface area (TPSA) is 47.6 Å². The third-order valence-electron chi connectivity index (χ3n) is 3.83. The van der Waals surface area contributed by atoms with Gasteiger partial charge in [-0.25, -0.2) is 0 Å². The molecule has 5 nitrogen and oxygen atoms in total. The summed E-state index contributed by atoms with van der Waals surface area (Å²) < 4.78 is 0. The van der Waals surface area contributed by atoms with Crippen LogP contribution in [0.1, 0.15) is 19.3 Å². The molecule has 1 heterocycles. The minimum Gasteiger partial charge on any atom is -0.353 e. The fraction of sp³-hybridized carbons (Fsp3) is 0.923. The predicted octanol–water partition coefficient (Wildman–Crippen LogP) is -0.509. The summed E-state index contributed by atoms with van der Waals surface area (Å²) in [7, 11) is 4.35. The van der Waals surface area contributed by atoms with Crippen molar-refractivity contribution in [3.8, 4) is 0 Å². The number of carbonyl (C=O) groups is 1. The molecule has 1 saturated carbocycles. The lowest BCUT2D eigenvalue weighted by Crippen LogP contribution is -2.53. The summed E-state index contributed by atoms with van der Waals surface area (Å²) >= 11 is 0. The first-order valence-corrected chi connectivity index (χ1v) is 7.04. The quantitative estimate of drug-likeness (QED) is 0.627. The third-order valence-corrected chi connectivity index (χ3v) is 3.83. The van der Waals surface area contributed by atoms with Gasteiger partial charge in [0.25, 0.3) is 0 Å². The summed E-state index contributed by atoms with van der Waals surface area (Å²) in [5.74, 6) is 0.194. The SMILES string of the molecule is CN1CCN(C)C(CNCCC(=O)NC2CC2)C1. The zero-order valence-electron chi connectivity index (χ0n) is 11.6. The molecule has 18 heavy (non-hydrogen) atoms. The maximum Gasteiger partial charge on any atom is 0.221 e. The van der Waals surface area contributed by atoms with E-state index in [1.54, 1.807) is 0 Å². The van der Waals surface area contributed by atoms with Crippen LogP contribution in [0.15, 0.2) is 0 Å². The highest BCUT2D eigenvalue weighted by molar-refractivity contribution is 5.76. The van der Waals surface area contributed by atoms with Crippen LogP contribution in [-0.2, 0) is 4.79 Å². The van der Waals surface area contributed by atoms with Crippen LogP contribution in [-0.4, -0.2) is 74.6 Å². The first-order chi connectivity index (χ1) is 8.65. The number of hydrogen-bond donors (Lipinski definition) is 2. The van der Waals surface area contributed by atoms with Crippen molar-refractivity contribution in [1.29, 1.82) is 0 Å². The summed E-state index contributed by atoms with van der Waals surface area (Å²) in [5, 5.41) is 6.41. The number of likely N-dealkylation sites (N-methyl/N-ethyl adjacent to an activating group) is 2. The third kappa shape index (κ3) is 4.55. The average Bonchev–Trinajstić information content (AvgIpc) is 3.13. The maximum absolute atomic E-state index is 11.5. The van der Waals surface area contributed by atoms with Crippen molar-refractivity contribution in [3.63, 3.8) is 0 Å². The highest BCUT2D eigenvalue weighted by Crippen LogP contribution is 2.18. The molecule has 0 aromatic rings. The highest BCUT2D eigenvalue weighted by atomic mass is 16.1. The molecular weight excluding hydrogens is 228 g/mol. The van der Waals surface area contributed by atoms with Crippen LogP contribution in [0.2, 0.25) is 0 Å². The molecule has 2 aliphatic rings. The first kappa shape index (κ1) is 13.8. The highest BCUT2D eigenvalue weighted by Gasteiger charge is 2.23. The van der Waals surface area contributed by atoms with Gasteiger partial charge in [0.2, 0.25) is 5.91 Å². The van der Waals surface area contributed by atoms with Crippen LogP contribution < -0.4 is 10.6 Å². The van der Waals surface area contributed by atoms with Crippen molar-refractivity contribution < 1.29 is 4.79 Å². The Labute approximate surface area is 110 Å². The molecule has 1 atom stereocenters. The van der Waals surface area contributed by atoms with Crippen LogP contribution in [0.4, 0.5) is 0 Å². The largest absolute Gasteiger partial charge is 0.353 e. The minimum absolute atomic E-state index is 0.194. The number of piperazine rings is 1. The lowest BCUT2D eigenvalue weighted by atomic mass is 10.2. The van der Waals surface area contributed by atoms with Gasteiger partial charge in [-0.2, -0.15) is 0 Å². The molecule has 1 amide bonds. The van der Waals surface area contributed by atoms with E-state index in [1.807, 2.05) is 0 Å². The summed E-state index contributed by atoms with van der Waals surface area (Å²) in [6.07, 6.45) is 2.93. The van der Waals surface area contributed by atoms with Crippen LogP contribution in [0.5, 0.6) is 0 Å². The number of hydrogen-bond acceptors (Lipinski definition) is 4. The summed E-state index contributed by atoms with van der Waals surface area (Å²) in [4.78, 5) is 16.3. The molecule has 1 saturated heterocycles. The molecule has 0 aromatic carbocycles. The zero-order valence-corrected chi connectivity index (χ0v) is 11.6. The lowest BCUT2D eigenvalue weighted by Gasteiger charge is -2.37. The van der Waals surface area contributed by atoms with E-state index in [4.69, 9.17) is 0 Å². The molecular formula is C13H26N4O. The van der Waals surface area contributed by atoms with Crippen molar-refractivity contribution in [1.82, 2.24) is 20.4 Å². The van der Waals surface area contributed by atoms with Gasteiger partial charge in [0, 0.05) is 51.2 Å². The molecule has 5 heteroatoms. The Bertz CT molecular complexity index is 280. The fourth-order valence-electron chi connectivity index (χ4n) is 2.32. The molecule has 1 aliphatic heterocycles. The first-order valence-electron chi connectivity index (χ1n) is 7.04. The second-order valence-corrected chi connectivity index (χ2v) is 5.69. The number of carbonyl (C=O) groups excluding carboxylic acids is 1. The molecule has 0 radical (unpaired) electrons. The van der Waals surface area contributed by atoms with E-state index < -0.39 is 0 Å². The number of nitrogens with one attached hydrogen (secondary N) is 2. The zero-order chi connectivity index (χ0) is 13.0. The van der Waals surface area contributed by atoms with Crippen LogP contribution >= 0.6 is 0 Å². The van der Waals surface area contributed by atoms with Crippen LogP contribution in [0, 0.1) is 0 Å². The Hall–Kier alpha value is -0.650. The molecule has 0 aromatic heterocycles. The number of amides is 1. The van der Waals surface area contributed by atoms with Crippen molar-refractivity contribution in [3.05, 3.63) is 0 Å². The van der Waals surface area contributed by atoms with Crippen LogP contribution in [0.3, 0.4) is 0 Å². The van der Waals surface area contributed by atoms with Gasteiger partial charge in [0.1, 0.15) is 0 Å². The monoisotopic (exact) mass is 254 g/mol. The van der Waals surface area contributed by atoms with E-state index in [0.717, 1.165) is 32.7 Å². The van der Waals surface area contributed by atoms with Gasteiger partial charge in [-0.05, 0) is 26.9 Å². The average molecular weight is 254 g/mol. The Morgan fingerprint density at radius 3 is 2.78 bits per heavy atom. The Kier molecular flexibility index (Phi) is 4.97. The second-order valence-electron chi connectivity index (χ2n) is 5.69. The minimum atomic E-state index is 0.194. The second kappa shape index (κ2) is 6.50. The van der Waals surface area contributed by atoms with Crippen LogP contribution in [0.25, 0.3) is 0 Å². The van der Waals surface area contributed by atoms with E-state index in [2.05, 4.69) is 34.5 Å². The summed E-state index contributed by atoms with van der Waals surface area (Å²) in [6.45, 7) is 5.14. The predicted molar refractivity (Wildman–Crippen MR) is 72.6 cm³/mol. The lowest BCUT2D eigenvalue weighted by molar-refractivity contribution is -0.121. The Morgan fingerprint density at radius 2 is 2.06 bits per heavy atom. The van der Waals surface area contributed by atoms with Gasteiger partial charge in [0.15, 0.2) is 0 Å². The van der Waals surface area contributed by atoms with Crippen molar-refractivity contribution in [2.45, 2.75) is 31.3 Å². The number of nitrogens with zero attached hydrogens (tertiary/aromatic N) is 2. The Balaban J connectivity index is 1.54. The summed E-state index contributed by atoms with van der Waals surface area (Å²) in [5.41, 5.74) is 0. The van der Waals surface area contributed by atoms with Crippen molar-refractivity contribution >= 4 is 5.91 Å². The van der Waals surface area contributed by atoms with Gasteiger partial charge in [-0.15, -0.1) is 0 Å². The van der Waals surface area contributed by atoms with E-state index >= 15 is 0 Å². The molecule has 2 fully saturated rings. The standard InChI is InChI=1S/C13H26N4O/c1-16-7-8-17(2)12(10-16)9-14-6-5-13(18)15-11-3-4-11/h11-12,14H,3-10H2,1-2H3,(H,15,18). The molecule has 104 valence electrons. The molecule has 2 N–H and O–H groups in total. The Morgan fingerprint density at radius 1 is 1.28 bits per heavy atom. The van der Waals surface area contributed by atoms with Gasteiger partial charge < -0.3 is 15.5 Å². The molecule has 0 spiro atoms.